The highest BCUT2D eigenvalue weighted by atomic mass is 35.5. The molecule has 4 nitrogen and oxygen atoms in total. The highest BCUT2D eigenvalue weighted by Crippen LogP contribution is 2.21. The number of nitrogens with one attached hydrogen (secondary N) is 1. The van der Waals surface area contributed by atoms with Gasteiger partial charge in [0.15, 0.2) is 0 Å². The summed E-state index contributed by atoms with van der Waals surface area (Å²) in [6, 6.07) is 10.8. The van der Waals surface area contributed by atoms with Gasteiger partial charge in [-0.1, -0.05) is 29.8 Å². The van der Waals surface area contributed by atoms with Crippen molar-refractivity contribution in [3.05, 3.63) is 57.2 Å². The number of amides is 2. The molecule has 1 heterocycles. The van der Waals surface area contributed by atoms with Crippen molar-refractivity contribution < 1.29 is 9.59 Å². The fraction of sp³-hybridized carbons (Fsp3) is 0.333. The van der Waals surface area contributed by atoms with Crippen LogP contribution in [0.4, 0.5) is 0 Å². The number of thiophene rings is 1. The van der Waals surface area contributed by atoms with Gasteiger partial charge in [-0.05, 0) is 36.1 Å². The van der Waals surface area contributed by atoms with E-state index in [2.05, 4.69) is 5.32 Å². The van der Waals surface area contributed by atoms with E-state index in [1.165, 1.54) is 6.92 Å². The Morgan fingerprint density at radius 3 is 2.50 bits per heavy atom. The number of nitrogens with zero attached hydrogens (tertiary/aromatic N) is 1. The van der Waals surface area contributed by atoms with Gasteiger partial charge in [-0.15, -0.1) is 11.3 Å². The van der Waals surface area contributed by atoms with Gasteiger partial charge in [-0.2, -0.15) is 0 Å². The predicted octanol–water partition coefficient (Wildman–Crippen LogP) is 4.02. The average Bonchev–Trinajstić information content (AvgIpc) is 3.05. The second-order valence-corrected chi connectivity index (χ2v) is 6.96. The van der Waals surface area contributed by atoms with Gasteiger partial charge >= 0.3 is 0 Å². The van der Waals surface area contributed by atoms with Gasteiger partial charge in [0.2, 0.25) is 11.8 Å². The van der Waals surface area contributed by atoms with E-state index in [9.17, 15) is 9.59 Å². The second kappa shape index (κ2) is 8.85. The first kappa shape index (κ1) is 18.5. The van der Waals surface area contributed by atoms with E-state index in [-0.39, 0.29) is 24.3 Å². The van der Waals surface area contributed by atoms with Crippen LogP contribution in [0.15, 0.2) is 41.8 Å². The molecule has 0 spiro atoms. The Bertz CT molecular complexity index is 671. The Labute approximate surface area is 151 Å². The lowest BCUT2D eigenvalue weighted by Crippen LogP contribution is -2.35. The minimum atomic E-state index is -0.357. The summed E-state index contributed by atoms with van der Waals surface area (Å²) >= 11 is 7.55. The summed E-state index contributed by atoms with van der Waals surface area (Å²) in [5.41, 5.74) is 0.870. The first-order valence-corrected chi connectivity index (χ1v) is 9.08. The van der Waals surface area contributed by atoms with Crippen molar-refractivity contribution in [2.45, 2.75) is 32.9 Å². The van der Waals surface area contributed by atoms with Crippen LogP contribution in [0.5, 0.6) is 0 Å². The molecule has 2 aromatic rings. The Morgan fingerprint density at radius 2 is 1.96 bits per heavy atom. The van der Waals surface area contributed by atoms with Gasteiger partial charge in [0.25, 0.3) is 0 Å². The van der Waals surface area contributed by atoms with Crippen molar-refractivity contribution in [1.82, 2.24) is 10.2 Å². The fourth-order valence-corrected chi connectivity index (χ4v) is 3.31. The topological polar surface area (TPSA) is 49.4 Å². The van der Waals surface area contributed by atoms with Gasteiger partial charge in [0.1, 0.15) is 0 Å². The van der Waals surface area contributed by atoms with Crippen LogP contribution in [0.1, 0.15) is 36.8 Å². The zero-order valence-electron chi connectivity index (χ0n) is 13.8. The van der Waals surface area contributed by atoms with E-state index in [0.29, 0.717) is 18.1 Å². The summed E-state index contributed by atoms with van der Waals surface area (Å²) < 4.78 is 0. The molecule has 0 aliphatic carbocycles. The lowest BCUT2D eigenvalue weighted by molar-refractivity contribution is -0.132. The molecule has 128 valence electrons. The zero-order valence-corrected chi connectivity index (χ0v) is 15.4. The largest absolute Gasteiger partial charge is 0.349 e. The molecule has 0 bridgehead atoms. The quantitative estimate of drug-likeness (QED) is 0.806. The first-order chi connectivity index (χ1) is 11.5. The maximum atomic E-state index is 12.7. The van der Waals surface area contributed by atoms with Crippen LogP contribution in [0.3, 0.4) is 0 Å². The van der Waals surface area contributed by atoms with Gasteiger partial charge in [-0.3, -0.25) is 9.59 Å². The molecule has 0 aliphatic rings. The molecular weight excluding hydrogens is 344 g/mol. The second-order valence-electron chi connectivity index (χ2n) is 5.50. The van der Waals surface area contributed by atoms with Crippen LogP contribution < -0.4 is 5.32 Å². The lowest BCUT2D eigenvalue weighted by atomic mass is 10.0. The molecule has 2 amide bonds. The molecule has 6 heteroatoms. The number of hydrogen-bond acceptors (Lipinski definition) is 3. The molecule has 1 N–H and O–H groups in total. The van der Waals surface area contributed by atoms with Crippen molar-refractivity contribution in [3.63, 3.8) is 0 Å². The van der Waals surface area contributed by atoms with Crippen molar-refractivity contribution >= 4 is 34.8 Å². The Morgan fingerprint density at radius 1 is 1.25 bits per heavy atom. The first-order valence-electron chi connectivity index (χ1n) is 7.82. The maximum Gasteiger partial charge on any atom is 0.225 e. The van der Waals surface area contributed by atoms with Crippen molar-refractivity contribution in [3.8, 4) is 0 Å². The minimum absolute atomic E-state index is 0.0135. The smallest absolute Gasteiger partial charge is 0.225 e. The number of carbonyl (C=O) groups excluding carboxylic acids is 2. The minimum Gasteiger partial charge on any atom is -0.349 e. The van der Waals surface area contributed by atoms with Crippen LogP contribution in [-0.2, 0) is 16.1 Å². The number of benzene rings is 1. The number of halogens is 1. The van der Waals surface area contributed by atoms with Crippen molar-refractivity contribution in [2.24, 2.45) is 0 Å². The SMILES string of the molecule is CCN(Cc1cccs1)C(=O)CC(NC(C)=O)c1ccc(Cl)cc1. The van der Waals surface area contributed by atoms with Crippen LogP contribution >= 0.6 is 22.9 Å². The van der Waals surface area contributed by atoms with Gasteiger partial charge in [0.05, 0.1) is 19.0 Å². The van der Waals surface area contributed by atoms with Gasteiger partial charge < -0.3 is 10.2 Å². The normalized spacial score (nSPS) is 11.8. The molecule has 1 aromatic carbocycles. The summed E-state index contributed by atoms with van der Waals surface area (Å²) in [7, 11) is 0. The van der Waals surface area contributed by atoms with E-state index >= 15 is 0 Å². The van der Waals surface area contributed by atoms with Gasteiger partial charge in [-0.25, -0.2) is 0 Å². The third kappa shape index (κ3) is 5.35. The standard InChI is InChI=1S/C18H21ClN2O2S/c1-3-21(12-16-5-4-10-24-16)18(23)11-17(20-13(2)22)14-6-8-15(19)9-7-14/h4-10,17H,3,11-12H2,1-2H3,(H,20,22). The van der Waals surface area contributed by atoms with E-state index in [1.54, 1.807) is 28.4 Å². The number of hydrogen-bond donors (Lipinski definition) is 1. The molecule has 24 heavy (non-hydrogen) atoms. The molecule has 0 saturated carbocycles. The van der Waals surface area contributed by atoms with E-state index in [4.69, 9.17) is 11.6 Å². The highest BCUT2D eigenvalue weighted by Gasteiger charge is 2.21. The molecule has 1 unspecified atom stereocenters. The third-order valence-corrected chi connectivity index (χ3v) is 4.80. The maximum absolute atomic E-state index is 12.7. The van der Waals surface area contributed by atoms with E-state index in [1.807, 2.05) is 36.6 Å². The molecule has 0 aliphatic heterocycles. The van der Waals surface area contributed by atoms with Crippen LogP contribution in [-0.4, -0.2) is 23.3 Å². The number of carbonyl (C=O) groups is 2. The molecule has 0 radical (unpaired) electrons. The van der Waals surface area contributed by atoms with Crippen molar-refractivity contribution in [1.29, 1.82) is 0 Å². The summed E-state index contributed by atoms with van der Waals surface area (Å²) in [5, 5.41) is 5.48. The fourth-order valence-electron chi connectivity index (χ4n) is 2.46. The van der Waals surface area contributed by atoms with Crippen LogP contribution in [0.2, 0.25) is 5.02 Å². The molecule has 1 atom stereocenters. The zero-order chi connectivity index (χ0) is 17.5. The lowest BCUT2D eigenvalue weighted by Gasteiger charge is -2.24. The highest BCUT2D eigenvalue weighted by molar-refractivity contribution is 7.09. The summed E-state index contributed by atoms with van der Waals surface area (Å²) in [6.45, 7) is 4.64. The Hall–Kier alpha value is -1.85. The molecule has 0 fully saturated rings. The molecule has 1 aromatic heterocycles. The summed E-state index contributed by atoms with van der Waals surface area (Å²) in [4.78, 5) is 27.1. The van der Waals surface area contributed by atoms with E-state index < -0.39 is 0 Å². The Balaban J connectivity index is 2.10. The third-order valence-electron chi connectivity index (χ3n) is 3.69. The van der Waals surface area contributed by atoms with E-state index in [0.717, 1.165) is 10.4 Å². The van der Waals surface area contributed by atoms with Crippen molar-refractivity contribution in [2.75, 3.05) is 6.54 Å². The number of rotatable bonds is 7. The summed E-state index contributed by atoms with van der Waals surface area (Å²) in [6.07, 6.45) is 0.223. The molecule has 2 rings (SSSR count). The monoisotopic (exact) mass is 364 g/mol. The predicted molar refractivity (Wildman–Crippen MR) is 98.0 cm³/mol. The van der Waals surface area contributed by atoms with Crippen LogP contribution in [0.25, 0.3) is 0 Å². The summed E-state index contributed by atoms with van der Waals surface area (Å²) in [5.74, 6) is -0.149. The molecule has 0 saturated heterocycles. The average molecular weight is 365 g/mol. The van der Waals surface area contributed by atoms with Crippen LogP contribution in [0, 0.1) is 0 Å². The van der Waals surface area contributed by atoms with Gasteiger partial charge in [0, 0.05) is 23.4 Å². The Kier molecular flexibility index (Phi) is 6.82. The molecular formula is C18H21ClN2O2S.